The minimum Gasteiger partial charge on any atom is -0.250 e. The normalized spacial score (nSPS) is 10.9. The summed E-state index contributed by atoms with van der Waals surface area (Å²) in [4.78, 5) is 3.74. The van der Waals surface area contributed by atoms with Gasteiger partial charge in [-0.1, -0.05) is 15.9 Å². The van der Waals surface area contributed by atoms with Gasteiger partial charge in [0.2, 0.25) is 0 Å². The largest absolute Gasteiger partial charge is 0.280 e. The van der Waals surface area contributed by atoms with Gasteiger partial charge < -0.3 is 0 Å². The highest BCUT2D eigenvalue weighted by Crippen LogP contribution is 2.27. The Morgan fingerprint density at radius 1 is 1.62 bits per heavy atom. The van der Waals surface area contributed by atoms with Gasteiger partial charge in [-0.25, -0.2) is 8.78 Å². The lowest BCUT2D eigenvalue weighted by molar-refractivity contribution is 0.145. The van der Waals surface area contributed by atoms with Gasteiger partial charge in [-0.15, -0.1) is 11.6 Å². The number of aromatic nitrogens is 1. The molecular weight excluding hydrogens is 263 g/mol. The summed E-state index contributed by atoms with van der Waals surface area (Å²) in [5.41, 5.74) is 0.711. The van der Waals surface area contributed by atoms with Crippen molar-refractivity contribution >= 4 is 27.5 Å². The van der Waals surface area contributed by atoms with Crippen LogP contribution < -0.4 is 0 Å². The molecule has 5 heteroatoms. The van der Waals surface area contributed by atoms with Gasteiger partial charge in [0.1, 0.15) is 5.69 Å². The summed E-state index contributed by atoms with van der Waals surface area (Å²) in [6.45, 7) is 1.59. The molecule has 13 heavy (non-hydrogen) atoms. The smallest absolute Gasteiger partial charge is 0.250 e. The minimum atomic E-state index is -2.56. The van der Waals surface area contributed by atoms with Crippen molar-refractivity contribution in [2.75, 3.05) is 0 Å². The summed E-state index contributed by atoms with van der Waals surface area (Å²) in [6, 6.07) is 1.65. The highest BCUT2D eigenvalue weighted by Gasteiger charge is 2.15. The summed E-state index contributed by atoms with van der Waals surface area (Å²) < 4.78 is 25.4. The number of hydrogen-bond acceptors (Lipinski definition) is 1. The fraction of sp³-hybridized carbons (Fsp3) is 0.375. The Kier molecular flexibility index (Phi) is 3.62. The SMILES string of the molecule is Cc1c(Br)cc(CCl)nc1C(F)F. The van der Waals surface area contributed by atoms with E-state index in [0.29, 0.717) is 15.7 Å². The number of rotatable bonds is 2. The molecule has 0 N–H and O–H groups in total. The second-order valence-electron chi connectivity index (χ2n) is 2.54. The van der Waals surface area contributed by atoms with Crippen molar-refractivity contribution in [1.82, 2.24) is 4.98 Å². The predicted octanol–water partition coefficient (Wildman–Crippen LogP) is 3.83. The number of pyridine rings is 1. The zero-order valence-electron chi connectivity index (χ0n) is 6.82. The topological polar surface area (TPSA) is 12.9 Å². The van der Waals surface area contributed by atoms with Gasteiger partial charge in [-0.05, 0) is 18.6 Å². The highest BCUT2D eigenvalue weighted by atomic mass is 79.9. The van der Waals surface area contributed by atoms with Crippen molar-refractivity contribution in [1.29, 1.82) is 0 Å². The lowest BCUT2D eigenvalue weighted by Gasteiger charge is -2.07. The van der Waals surface area contributed by atoms with Crippen molar-refractivity contribution in [3.05, 3.63) is 27.5 Å². The molecule has 0 bridgehead atoms. The maximum atomic E-state index is 12.4. The number of hydrogen-bond donors (Lipinski definition) is 0. The summed E-state index contributed by atoms with van der Waals surface area (Å²) in [6.07, 6.45) is -2.56. The Morgan fingerprint density at radius 2 is 2.23 bits per heavy atom. The van der Waals surface area contributed by atoms with Gasteiger partial charge in [0.15, 0.2) is 0 Å². The van der Waals surface area contributed by atoms with Gasteiger partial charge in [0.25, 0.3) is 6.43 Å². The third kappa shape index (κ3) is 2.38. The van der Waals surface area contributed by atoms with Crippen LogP contribution in [0.4, 0.5) is 8.78 Å². The Morgan fingerprint density at radius 3 is 2.69 bits per heavy atom. The van der Waals surface area contributed by atoms with Crippen LogP contribution in [-0.2, 0) is 5.88 Å². The fourth-order valence-corrected chi connectivity index (χ4v) is 1.53. The highest BCUT2D eigenvalue weighted by molar-refractivity contribution is 9.10. The molecule has 1 heterocycles. The maximum absolute atomic E-state index is 12.4. The van der Waals surface area contributed by atoms with Crippen molar-refractivity contribution in [2.24, 2.45) is 0 Å². The third-order valence-corrected chi connectivity index (χ3v) is 2.74. The van der Waals surface area contributed by atoms with E-state index >= 15 is 0 Å². The Hall–Kier alpha value is -0.220. The van der Waals surface area contributed by atoms with Crippen molar-refractivity contribution in [3.63, 3.8) is 0 Å². The van der Waals surface area contributed by atoms with Crippen molar-refractivity contribution in [3.8, 4) is 0 Å². The van der Waals surface area contributed by atoms with Crippen LogP contribution in [0.1, 0.15) is 23.4 Å². The number of halogens is 4. The predicted molar refractivity (Wildman–Crippen MR) is 51.2 cm³/mol. The van der Waals surface area contributed by atoms with E-state index in [1.54, 1.807) is 13.0 Å². The molecule has 0 spiro atoms. The minimum absolute atomic E-state index is 0.137. The molecule has 0 fully saturated rings. The zero-order chi connectivity index (χ0) is 10.0. The average molecular weight is 271 g/mol. The third-order valence-electron chi connectivity index (χ3n) is 1.64. The molecule has 0 aliphatic heterocycles. The summed E-state index contributed by atoms with van der Waals surface area (Å²) in [5, 5.41) is 0. The van der Waals surface area contributed by atoms with E-state index < -0.39 is 6.43 Å². The molecule has 1 aromatic rings. The van der Waals surface area contributed by atoms with Crippen LogP contribution >= 0.6 is 27.5 Å². The Balaban J connectivity index is 3.25. The van der Waals surface area contributed by atoms with Crippen LogP contribution in [0.3, 0.4) is 0 Å². The van der Waals surface area contributed by atoms with Crippen LogP contribution in [-0.4, -0.2) is 4.98 Å². The molecule has 0 amide bonds. The Labute approximate surface area is 88.2 Å². The van der Waals surface area contributed by atoms with Gasteiger partial charge >= 0.3 is 0 Å². The maximum Gasteiger partial charge on any atom is 0.280 e. The molecule has 0 saturated carbocycles. The van der Waals surface area contributed by atoms with Gasteiger partial charge in [-0.2, -0.15) is 0 Å². The monoisotopic (exact) mass is 269 g/mol. The van der Waals surface area contributed by atoms with E-state index in [-0.39, 0.29) is 11.6 Å². The number of nitrogens with zero attached hydrogens (tertiary/aromatic N) is 1. The fourth-order valence-electron chi connectivity index (χ4n) is 0.929. The molecule has 0 aromatic carbocycles. The van der Waals surface area contributed by atoms with Crippen molar-refractivity contribution in [2.45, 2.75) is 19.2 Å². The van der Waals surface area contributed by atoms with E-state index in [9.17, 15) is 8.78 Å². The zero-order valence-corrected chi connectivity index (χ0v) is 9.16. The quantitative estimate of drug-likeness (QED) is 0.744. The molecule has 1 aromatic heterocycles. The molecule has 72 valence electrons. The molecule has 1 nitrogen and oxygen atoms in total. The molecule has 0 saturated heterocycles. The van der Waals surface area contributed by atoms with Crippen LogP contribution in [0.2, 0.25) is 0 Å². The van der Waals surface area contributed by atoms with E-state index in [1.165, 1.54) is 0 Å². The Bertz CT molecular complexity index is 317. The van der Waals surface area contributed by atoms with Gasteiger partial charge in [0, 0.05) is 4.47 Å². The molecule has 0 aliphatic carbocycles. The number of alkyl halides is 3. The summed E-state index contributed by atoms with van der Waals surface area (Å²) >= 11 is 8.67. The molecular formula is C8H7BrClF2N. The molecule has 0 radical (unpaired) electrons. The van der Waals surface area contributed by atoms with E-state index in [0.717, 1.165) is 0 Å². The second kappa shape index (κ2) is 4.33. The van der Waals surface area contributed by atoms with Gasteiger partial charge in [0.05, 0.1) is 11.6 Å². The lowest BCUT2D eigenvalue weighted by Crippen LogP contribution is -1.99. The first-order chi connectivity index (χ1) is 6.06. The first-order valence-corrected chi connectivity index (χ1v) is 4.89. The molecule has 1 rings (SSSR count). The molecule has 0 unspecified atom stereocenters. The van der Waals surface area contributed by atoms with Crippen LogP contribution in [0.15, 0.2) is 10.5 Å². The van der Waals surface area contributed by atoms with Crippen LogP contribution in [0.25, 0.3) is 0 Å². The summed E-state index contributed by atoms with van der Waals surface area (Å²) in [7, 11) is 0. The summed E-state index contributed by atoms with van der Waals surface area (Å²) in [5.74, 6) is 0.137. The standard InChI is InChI=1S/C8H7BrClF2N/c1-4-6(9)2-5(3-10)13-7(4)8(11)12/h2,8H,3H2,1H3. The van der Waals surface area contributed by atoms with E-state index in [2.05, 4.69) is 20.9 Å². The lowest BCUT2D eigenvalue weighted by atomic mass is 10.2. The first-order valence-electron chi connectivity index (χ1n) is 3.56. The second-order valence-corrected chi connectivity index (χ2v) is 3.66. The average Bonchev–Trinajstić information content (AvgIpc) is 2.09. The van der Waals surface area contributed by atoms with Crippen LogP contribution in [0.5, 0.6) is 0 Å². The van der Waals surface area contributed by atoms with Gasteiger partial charge in [-0.3, -0.25) is 4.98 Å². The van der Waals surface area contributed by atoms with Crippen molar-refractivity contribution < 1.29 is 8.78 Å². The molecule has 0 atom stereocenters. The molecule has 0 aliphatic rings. The van der Waals surface area contributed by atoms with Crippen LogP contribution in [0, 0.1) is 6.92 Å². The first kappa shape index (κ1) is 10.9. The van der Waals surface area contributed by atoms with E-state index in [4.69, 9.17) is 11.6 Å². The van der Waals surface area contributed by atoms with E-state index in [1.807, 2.05) is 0 Å².